The lowest BCUT2D eigenvalue weighted by Gasteiger charge is -2.22. The predicted octanol–water partition coefficient (Wildman–Crippen LogP) is 1.68. The van der Waals surface area contributed by atoms with Crippen molar-refractivity contribution < 1.29 is 14.5 Å². The van der Waals surface area contributed by atoms with Gasteiger partial charge in [-0.1, -0.05) is 6.42 Å². The van der Waals surface area contributed by atoms with E-state index in [0.29, 0.717) is 5.75 Å². The maximum Gasteiger partial charge on any atom is 0.296 e. The molecule has 1 amide bonds. The summed E-state index contributed by atoms with van der Waals surface area (Å²) in [6.07, 6.45) is 2.78. The van der Waals surface area contributed by atoms with Crippen molar-refractivity contribution in [1.82, 2.24) is 5.32 Å². The second kappa shape index (κ2) is 6.33. The Bertz CT molecular complexity index is 512. The normalized spacial score (nSPS) is 18.4. The lowest BCUT2D eigenvalue weighted by Crippen LogP contribution is -2.43. The van der Waals surface area contributed by atoms with Crippen LogP contribution in [0.4, 0.5) is 11.4 Å². The zero-order valence-corrected chi connectivity index (χ0v) is 11.2. The number of benzene rings is 1. The van der Waals surface area contributed by atoms with E-state index in [1.165, 1.54) is 19.2 Å². The molecule has 0 spiro atoms. The fourth-order valence-electron chi connectivity index (χ4n) is 2.19. The van der Waals surface area contributed by atoms with Crippen LogP contribution in [0.15, 0.2) is 18.2 Å². The van der Waals surface area contributed by atoms with Crippen molar-refractivity contribution in [2.45, 2.75) is 25.3 Å². The summed E-state index contributed by atoms with van der Waals surface area (Å²) in [5.74, 6) is 0.142. The van der Waals surface area contributed by atoms with E-state index in [-0.39, 0.29) is 23.3 Å². The van der Waals surface area contributed by atoms with E-state index in [4.69, 9.17) is 4.74 Å². The molecule has 0 aliphatic carbocycles. The van der Waals surface area contributed by atoms with Gasteiger partial charge in [-0.3, -0.25) is 14.9 Å². The summed E-state index contributed by atoms with van der Waals surface area (Å²) in [6, 6.07) is 4.07. The lowest BCUT2D eigenvalue weighted by atomic mass is 10.0. The minimum Gasteiger partial charge on any atom is -0.496 e. The maximum atomic E-state index is 12.1. The number of methoxy groups -OCH3 is 1. The highest BCUT2D eigenvalue weighted by Gasteiger charge is 2.23. The number of carbonyl (C=O) groups is 1. The molecular formula is C13H17N3O4. The van der Waals surface area contributed by atoms with Crippen molar-refractivity contribution in [2.24, 2.45) is 0 Å². The van der Waals surface area contributed by atoms with Gasteiger partial charge in [0.1, 0.15) is 11.4 Å². The van der Waals surface area contributed by atoms with Crippen LogP contribution in [0.1, 0.15) is 19.3 Å². The van der Waals surface area contributed by atoms with Gasteiger partial charge in [0, 0.05) is 0 Å². The molecule has 1 aromatic carbocycles. The molecule has 0 saturated carbocycles. The largest absolute Gasteiger partial charge is 0.496 e. The minimum absolute atomic E-state index is 0.173. The molecule has 1 fully saturated rings. The van der Waals surface area contributed by atoms with Crippen LogP contribution in [0, 0.1) is 10.1 Å². The van der Waals surface area contributed by atoms with E-state index in [0.717, 1.165) is 25.8 Å². The van der Waals surface area contributed by atoms with Gasteiger partial charge in [0.25, 0.3) is 5.69 Å². The highest BCUT2D eigenvalue weighted by atomic mass is 16.6. The molecule has 108 valence electrons. The first kappa shape index (κ1) is 14.3. The lowest BCUT2D eigenvalue weighted by molar-refractivity contribution is -0.384. The molecule has 1 aromatic rings. The summed E-state index contributed by atoms with van der Waals surface area (Å²) >= 11 is 0. The van der Waals surface area contributed by atoms with E-state index in [1.807, 2.05) is 0 Å². The highest BCUT2D eigenvalue weighted by molar-refractivity contribution is 5.96. The molecule has 7 heteroatoms. The Labute approximate surface area is 116 Å². The summed E-state index contributed by atoms with van der Waals surface area (Å²) in [5, 5.41) is 16.7. The second-order valence-corrected chi connectivity index (χ2v) is 4.63. The number of ether oxygens (including phenoxy) is 1. The first-order valence-electron chi connectivity index (χ1n) is 6.48. The molecule has 2 rings (SSSR count). The SMILES string of the molecule is COc1ccc(NC(=O)[C@H]2CCCCN2)c([N+](=O)[O-])c1. The van der Waals surface area contributed by atoms with Crippen LogP contribution in [-0.4, -0.2) is 30.5 Å². The standard InChI is InChI=1S/C13H17N3O4/c1-20-9-5-6-10(12(8-9)16(18)19)15-13(17)11-4-2-3-7-14-11/h5-6,8,11,14H,2-4,7H2,1H3,(H,15,17)/t11-/m1/s1. The van der Waals surface area contributed by atoms with Gasteiger partial charge >= 0.3 is 0 Å². The summed E-state index contributed by atoms with van der Waals surface area (Å²) in [7, 11) is 1.43. The number of rotatable bonds is 4. The molecular weight excluding hydrogens is 262 g/mol. The maximum absolute atomic E-state index is 12.1. The van der Waals surface area contributed by atoms with Crippen LogP contribution in [0.25, 0.3) is 0 Å². The summed E-state index contributed by atoms with van der Waals surface area (Å²) in [5.41, 5.74) is 0.0154. The number of hydrogen-bond donors (Lipinski definition) is 2. The van der Waals surface area contributed by atoms with Crippen molar-refractivity contribution in [3.63, 3.8) is 0 Å². The zero-order chi connectivity index (χ0) is 14.5. The summed E-state index contributed by atoms with van der Waals surface area (Å²) in [6.45, 7) is 0.794. The predicted molar refractivity (Wildman–Crippen MR) is 73.9 cm³/mol. The van der Waals surface area contributed by atoms with Gasteiger partial charge in [-0.15, -0.1) is 0 Å². The zero-order valence-electron chi connectivity index (χ0n) is 11.2. The van der Waals surface area contributed by atoms with Crippen LogP contribution in [0.3, 0.4) is 0 Å². The van der Waals surface area contributed by atoms with Crippen molar-refractivity contribution in [2.75, 3.05) is 19.0 Å². The van der Waals surface area contributed by atoms with E-state index < -0.39 is 4.92 Å². The third-order valence-corrected chi connectivity index (χ3v) is 3.29. The molecule has 20 heavy (non-hydrogen) atoms. The van der Waals surface area contributed by atoms with E-state index in [2.05, 4.69) is 10.6 Å². The number of nitro benzene ring substituents is 1. The van der Waals surface area contributed by atoms with Gasteiger partial charge in [0.2, 0.25) is 5.91 Å². The van der Waals surface area contributed by atoms with E-state index in [9.17, 15) is 14.9 Å². The molecule has 2 N–H and O–H groups in total. The van der Waals surface area contributed by atoms with Crippen molar-refractivity contribution in [3.8, 4) is 5.75 Å². The molecule has 1 atom stereocenters. The Morgan fingerprint density at radius 3 is 2.90 bits per heavy atom. The number of anilines is 1. The second-order valence-electron chi connectivity index (χ2n) is 4.63. The minimum atomic E-state index is -0.535. The molecule has 1 saturated heterocycles. The Balaban J connectivity index is 2.15. The van der Waals surface area contributed by atoms with Gasteiger partial charge in [-0.2, -0.15) is 0 Å². The van der Waals surface area contributed by atoms with Crippen molar-refractivity contribution in [3.05, 3.63) is 28.3 Å². The number of hydrogen-bond acceptors (Lipinski definition) is 5. The van der Waals surface area contributed by atoms with Crippen LogP contribution >= 0.6 is 0 Å². The Morgan fingerprint density at radius 2 is 2.30 bits per heavy atom. The smallest absolute Gasteiger partial charge is 0.296 e. The third-order valence-electron chi connectivity index (χ3n) is 3.29. The van der Waals surface area contributed by atoms with Gasteiger partial charge in [-0.05, 0) is 31.5 Å². The molecule has 0 unspecified atom stereocenters. The van der Waals surface area contributed by atoms with Crippen LogP contribution in [0.2, 0.25) is 0 Å². The van der Waals surface area contributed by atoms with Gasteiger partial charge in [0.05, 0.1) is 24.1 Å². The van der Waals surface area contributed by atoms with Crippen molar-refractivity contribution in [1.29, 1.82) is 0 Å². The average molecular weight is 279 g/mol. The van der Waals surface area contributed by atoms with Crippen LogP contribution in [0.5, 0.6) is 5.75 Å². The fourth-order valence-corrected chi connectivity index (χ4v) is 2.19. The quantitative estimate of drug-likeness (QED) is 0.646. The van der Waals surface area contributed by atoms with Crippen LogP contribution < -0.4 is 15.4 Å². The molecule has 1 aliphatic heterocycles. The van der Waals surface area contributed by atoms with Gasteiger partial charge in [-0.25, -0.2) is 0 Å². The number of nitro groups is 1. The average Bonchev–Trinajstić information content (AvgIpc) is 2.48. The molecule has 1 heterocycles. The van der Waals surface area contributed by atoms with Crippen molar-refractivity contribution >= 4 is 17.3 Å². The summed E-state index contributed by atoms with van der Waals surface area (Å²) in [4.78, 5) is 22.6. The monoisotopic (exact) mass is 279 g/mol. The first-order chi connectivity index (χ1) is 9.61. The van der Waals surface area contributed by atoms with Gasteiger partial charge in [0.15, 0.2) is 0 Å². The highest BCUT2D eigenvalue weighted by Crippen LogP contribution is 2.29. The number of piperidine rings is 1. The first-order valence-corrected chi connectivity index (χ1v) is 6.48. The number of nitrogens with zero attached hydrogens (tertiary/aromatic N) is 1. The Hall–Kier alpha value is -2.15. The third kappa shape index (κ3) is 3.24. The topological polar surface area (TPSA) is 93.5 Å². The van der Waals surface area contributed by atoms with E-state index >= 15 is 0 Å². The molecule has 1 aliphatic rings. The van der Waals surface area contributed by atoms with E-state index in [1.54, 1.807) is 6.07 Å². The molecule has 0 radical (unpaired) electrons. The molecule has 0 aromatic heterocycles. The molecule has 7 nitrogen and oxygen atoms in total. The Kier molecular flexibility index (Phi) is 4.52. The fraction of sp³-hybridized carbons (Fsp3) is 0.462. The number of nitrogens with one attached hydrogen (secondary N) is 2. The van der Waals surface area contributed by atoms with Gasteiger partial charge < -0.3 is 15.4 Å². The Morgan fingerprint density at radius 1 is 1.50 bits per heavy atom. The number of amides is 1. The summed E-state index contributed by atoms with van der Waals surface area (Å²) < 4.78 is 4.95. The molecule has 0 bridgehead atoms. The number of carbonyl (C=O) groups excluding carboxylic acids is 1. The van der Waals surface area contributed by atoms with Crippen LogP contribution in [-0.2, 0) is 4.79 Å².